The molecule has 60 valence electrons. The Labute approximate surface area is 63.5 Å². The lowest BCUT2D eigenvalue weighted by Crippen LogP contribution is -2.22. The van der Waals surface area contributed by atoms with Crippen LogP contribution in [-0.2, 0) is 11.8 Å². The second-order valence-corrected chi connectivity index (χ2v) is 2.23. The van der Waals surface area contributed by atoms with Crippen LogP contribution in [0.4, 0.5) is 0 Å². The van der Waals surface area contributed by atoms with E-state index in [9.17, 15) is 4.79 Å². The number of primary amides is 1. The van der Waals surface area contributed by atoms with Crippen LogP contribution in [0.3, 0.4) is 0 Å². The van der Waals surface area contributed by atoms with Crippen molar-refractivity contribution in [1.29, 1.82) is 0 Å². The van der Waals surface area contributed by atoms with Gasteiger partial charge in [0.15, 0.2) is 6.10 Å². The second kappa shape index (κ2) is 2.71. The van der Waals surface area contributed by atoms with E-state index in [2.05, 4.69) is 4.98 Å². The molecule has 0 bridgehead atoms. The fourth-order valence-electron chi connectivity index (χ4n) is 0.777. The van der Waals surface area contributed by atoms with E-state index in [0.717, 1.165) is 0 Å². The van der Waals surface area contributed by atoms with Crippen LogP contribution in [0.5, 0.6) is 0 Å². The molecule has 1 aromatic heterocycles. The minimum atomic E-state index is -1.26. The Hall–Kier alpha value is -1.36. The SMILES string of the molecule is Cn1cncc1C(O)C(N)=O. The molecule has 0 radical (unpaired) electrons. The zero-order valence-corrected chi connectivity index (χ0v) is 6.06. The first-order valence-electron chi connectivity index (χ1n) is 3.06. The molecule has 5 nitrogen and oxygen atoms in total. The Balaban J connectivity index is 2.92. The normalized spacial score (nSPS) is 12.9. The molecule has 0 saturated carbocycles. The van der Waals surface area contributed by atoms with Crippen LogP contribution in [0.1, 0.15) is 11.8 Å². The number of carbonyl (C=O) groups excluding carboxylic acids is 1. The largest absolute Gasteiger partial charge is 0.377 e. The quantitative estimate of drug-likeness (QED) is 0.571. The molecule has 11 heavy (non-hydrogen) atoms. The van der Waals surface area contributed by atoms with Gasteiger partial charge in [-0.05, 0) is 0 Å². The molecule has 0 saturated heterocycles. The average molecular weight is 155 g/mol. The number of hydrogen-bond acceptors (Lipinski definition) is 3. The van der Waals surface area contributed by atoms with Crippen molar-refractivity contribution in [3.63, 3.8) is 0 Å². The first kappa shape index (κ1) is 7.74. The number of nitrogens with two attached hydrogens (primary N) is 1. The van der Waals surface area contributed by atoms with Crippen molar-refractivity contribution in [1.82, 2.24) is 9.55 Å². The van der Waals surface area contributed by atoms with Crippen LogP contribution in [0.25, 0.3) is 0 Å². The van der Waals surface area contributed by atoms with Crippen molar-refractivity contribution in [3.8, 4) is 0 Å². The standard InChI is InChI=1S/C6H9N3O2/c1-9-3-8-2-4(9)5(10)6(7)11/h2-3,5,10H,1H3,(H2,7,11). The minimum Gasteiger partial charge on any atom is -0.377 e. The zero-order chi connectivity index (χ0) is 8.43. The van der Waals surface area contributed by atoms with Gasteiger partial charge in [-0.1, -0.05) is 0 Å². The Morgan fingerprint density at radius 3 is 2.91 bits per heavy atom. The van der Waals surface area contributed by atoms with Crippen molar-refractivity contribution in [3.05, 3.63) is 18.2 Å². The summed E-state index contributed by atoms with van der Waals surface area (Å²) in [6, 6.07) is 0. The number of imidazole rings is 1. The summed E-state index contributed by atoms with van der Waals surface area (Å²) in [5.41, 5.74) is 5.27. The molecule has 0 fully saturated rings. The van der Waals surface area contributed by atoms with Crippen LogP contribution in [0, 0.1) is 0 Å². The smallest absolute Gasteiger partial charge is 0.252 e. The number of carbonyl (C=O) groups is 1. The van der Waals surface area contributed by atoms with Crippen molar-refractivity contribution < 1.29 is 9.90 Å². The van der Waals surface area contributed by atoms with Crippen molar-refractivity contribution in [2.24, 2.45) is 12.8 Å². The van der Waals surface area contributed by atoms with E-state index in [0.29, 0.717) is 5.69 Å². The van der Waals surface area contributed by atoms with E-state index >= 15 is 0 Å². The van der Waals surface area contributed by atoms with Crippen LogP contribution < -0.4 is 5.73 Å². The molecule has 1 aromatic rings. The summed E-state index contributed by atoms with van der Waals surface area (Å²) < 4.78 is 1.54. The lowest BCUT2D eigenvalue weighted by Gasteiger charge is -2.05. The van der Waals surface area contributed by atoms with Gasteiger partial charge in [0.1, 0.15) is 0 Å². The summed E-state index contributed by atoms with van der Waals surface area (Å²) in [6.45, 7) is 0. The third kappa shape index (κ3) is 1.38. The molecule has 1 amide bonds. The van der Waals surface area contributed by atoms with Gasteiger partial charge in [0.05, 0.1) is 18.2 Å². The van der Waals surface area contributed by atoms with Gasteiger partial charge in [0, 0.05) is 7.05 Å². The first-order chi connectivity index (χ1) is 5.13. The van der Waals surface area contributed by atoms with Crippen LogP contribution >= 0.6 is 0 Å². The second-order valence-electron chi connectivity index (χ2n) is 2.23. The minimum absolute atomic E-state index is 0.400. The fraction of sp³-hybridized carbons (Fsp3) is 0.333. The van der Waals surface area contributed by atoms with E-state index in [1.807, 2.05) is 0 Å². The number of aromatic nitrogens is 2. The molecule has 0 aliphatic heterocycles. The molecular weight excluding hydrogens is 146 g/mol. The molecule has 5 heteroatoms. The highest BCUT2D eigenvalue weighted by Crippen LogP contribution is 2.08. The van der Waals surface area contributed by atoms with E-state index < -0.39 is 12.0 Å². The maximum absolute atomic E-state index is 10.5. The number of aryl methyl sites for hydroxylation is 1. The summed E-state index contributed by atoms with van der Waals surface area (Å²) in [5, 5.41) is 9.13. The Kier molecular flexibility index (Phi) is 1.91. The van der Waals surface area contributed by atoms with Crippen molar-refractivity contribution in [2.45, 2.75) is 6.10 Å². The predicted octanol–water partition coefficient (Wildman–Crippen LogP) is -1.06. The summed E-state index contributed by atoms with van der Waals surface area (Å²) in [7, 11) is 1.68. The summed E-state index contributed by atoms with van der Waals surface area (Å²) in [4.78, 5) is 14.2. The number of amides is 1. The van der Waals surface area contributed by atoms with Gasteiger partial charge in [-0.15, -0.1) is 0 Å². The van der Waals surface area contributed by atoms with Crippen molar-refractivity contribution >= 4 is 5.91 Å². The molecule has 3 N–H and O–H groups in total. The number of hydrogen-bond donors (Lipinski definition) is 2. The van der Waals surface area contributed by atoms with Gasteiger partial charge in [-0.3, -0.25) is 4.79 Å². The average Bonchev–Trinajstić information content (AvgIpc) is 2.33. The van der Waals surface area contributed by atoms with E-state index in [-0.39, 0.29) is 0 Å². The third-order valence-electron chi connectivity index (χ3n) is 1.40. The van der Waals surface area contributed by atoms with Gasteiger partial charge >= 0.3 is 0 Å². The molecule has 1 atom stereocenters. The first-order valence-corrected chi connectivity index (χ1v) is 3.06. The van der Waals surface area contributed by atoms with Gasteiger partial charge in [-0.25, -0.2) is 4.98 Å². The highest BCUT2D eigenvalue weighted by Gasteiger charge is 2.16. The van der Waals surface area contributed by atoms with E-state index in [1.165, 1.54) is 17.1 Å². The molecule has 0 aromatic carbocycles. The molecule has 1 rings (SSSR count). The van der Waals surface area contributed by atoms with Crippen molar-refractivity contribution in [2.75, 3.05) is 0 Å². The van der Waals surface area contributed by atoms with Gasteiger partial charge in [0.25, 0.3) is 5.91 Å². The number of rotatable bonds is 2. The Morgan fingerprint density at radius 1 is 1.91 bits per heavy atom. The molecule has 1 unspecified atom stereocenters. The molecular formula is C6H9N3O2. The number of nitrogens with zero attached hydrogens (tertiary/aromatic N) is 2. The highest BCUT2D eigenvalue weighted by molar-refractivity contribution is 5.79. The zero-order valence-electron chi connectivity index (χ0n) is 6.06. The predicted molar refractivity (Wildman–Crippen MR) is 37.4 cm³/mol. The number of aliphatic hydroxyl groups is 1. The van der Waals surface area contributed by atoms with Crippen LogP contribution in [0.2, 0.25) is 0 Å². The molecule has 0 spiro atoms. The summed E-state index contributed by atoms with van der Waals surface area (Å²) in [6.07, 6.45) is 1.62. The van der Waals surface area contributed by atoms with E-state index in [1.54, 1.807) is 7.05 Å². The van der Waals surface area contributed by atoms with Gasteiger partial charge in [0.2, 0.25) is 0 Å². The molecule has 0 aliphatic carbocycles. The Morgan fingerprint density at radius 2 is 2.55 bits per heavy atom. The van der Waals surface area contributed by atoms with E-state index in [4.69, 9.17) is 10.8 Å². The van der Waals surface area contributed by atoms with Gasteiger partial charge in [-0.2, -0.15) is 0 Å². The molecule has 0 aliphatic rings. The van der Waals surface area contributed by atoms with Crippen LogP contribution in [0.15, 0.2) is 12.5 Å². The topological polar surface area (TPSA) is 81.1 Å². The number of aliphatic hydroxyl groups excluding tert-OH is 1. The summed E-state index contributed by atoms with van der Waals surface area (Å²) >= 11 is 0. The maximum Gasteiger partial charge on any atom is 0.252 e. The lowest BCUT2D eigenvalue weighted by atomic mass is 10.2. The third-order valence-corrected chi connectivity index (χ3v) is 1.40. The summed E-state index contributed by atoms with van der Waals surface area (Å²) in [5.74, 6) is -0.770. The highest BCUT2D eigenvalue weighted by atomic mass is 16.3. The van der Waals surface area contributed by atoms with Gasteiger partial charge < -0.3 is 15.4 Å². The maximum atomic E-state index is 10.5. The monoisotopic (exact) mass is 155 g/mol. The Bertz CT molecular complexity index is 269. The van der Waals surface area contributed by atoms with Crippen LogP contribution in [-0.4, -0.2) is 20.6 Å². The fourth-order valence-corrected chi connectivity index (χ4v) is 0.777. The molecule has 1 heterocycles. The lowest BCUT2D eigenvalue weighted by molar-refractivity contribution is -0.126.